The Morgan fingerprint density at radius 2 is 1.31 bits per heavy atom. The Balaban J connectivity index is 3.56. The second-order valence-electron chi connectivity index (χ2n) is 2.73. The van der Waals surface area contributed by atoms with E-state index in [1.165, 1.54) is 0 Å². The van der Waals surface area contributed by atoms with Gasteiger partial charge in [-0.05, 0) is 6.92 Å². The second-order valence-corrected chi connectivity index (χ2v) is 2.73. The molecule has 0 aliphatic heterocycles. The zero-order valence-electron chi connectivity index (χ0n) is 7.29. The molecule has 13 heavy (non-hydrogen) atoms. The maximum Gasteiger partial charge on any atom is 0.176 e. The Morgan fingerprint density at radius 3 is 1.77 bits per heavy atom. The van der Waals surface area contributed by atoms with Gasteiger partial charge in [-0.25, -0.2) is 0 Å². The average Bonchev–Trinajstić information content (AvgIpc) is 2.13. The monoisotopic (exact) mass is 183 g/mol. The first-order valence-electron chi connectivity index (χ1n) is 3.59. The zero-order chi connectivity index (χ0) is 10.2. The first-order valence-corrected chi connectivity index (χ1v) is 3.59. The van der Waals surface area contributed by atoms with E-state index in [1.807, 2.05) is 0 Å². The van der Waals surface area contributed by atoms with Gasteiger partial charge in [0.15, 0.2) is 5.75 Å². The summed E-state index contributed by atoms with van der Waals surface area (Å²) in [5, 5.41) is 0. The highest BCUT2D eigenvalue weighted by atomic mass is 16.6. The van der Waals surface area contributed by atoms with Gasteiger partial charge in [-0.2, -0.15) is 5.90 Å². The predicted molar refractivity (Wildman–Crippen MR) is 53.6 cm³/mol. The van der Waals surface area contributed by atoms with E-state index in [0.29, 0.717) is 11.3 Å². The van der Waals surface area contributed by atoms with Crippen molar-refractivity contribution in [2.45, 2.75) is 6.92 Å². The topological polar surface area (TPSA) is 139 Å². The van der Waals surface area contributed by atoms with Crippen LogP contribution in [-0.4, -0.2) is 0 Å². The number of rotatable bonds is 1. The van der Waals surface area contributed by atoms with Gasteiger partial charge in [0.2, 0.25) is 0 Å². The minimum atomic E-state index is 0.198. The molecule has 0 bridgehead atoms. The first kappa shape index (κ1) is 9.27. The van der Waals surface area contributed by atoms with Gasteiger partial charge < -0.3 is 27.8 Å². The lowest BCUT2D eigenvalue weighted by Gasteiger charge is -2.14. The van der Waals surface area contributed by atoms with E-state index in [9.17, 15) is 0 Å². The number of benzene rings is 1. The smallest absolute Gasteiger partial charge is 0.176 e. The molecule has 72 valence electrons. The molecule has 0 fully saturated rings. The molecule has 1 rings (SSSR count). The Hall–Kier alpha value is -1.82. The fraction of sp³-hybridized carbons (Fsp3) is 0.143. The molecular weight excluding hydrogens is 170 g/mol. The van der Waals surface area contributed by atoms with Crippen LogP contribution in [0.3, 0.4) is 0 Å². The molecule has 0 saturated carbocycles. The van der Waals surface area contributed by atoms with Crippen LogP contribution in [0.5, 0.6) is 5.75 Å². The molecule has 0 saturated heterocycles. The summed E-state index contributed by atoms with van der Waals surface area (Å²) in [6, 6.07) is 0. The van der Waals surface area contributed by atoms with Crippen LogP contribution in [0.1, 0.15) is 5.56 Å². The molecular formula is C7H13N5O. The third kappa shape index (κ3) is 1.17. The highest BCUT2D eigenvalue weighted by Gasteiger charge is 2.15. The fourth-order valence-electron chi connectivity index (χ4n) is 1.09. The third-order valence-corrected chi connectivity index (χ3v) is 1.98. The van der Waals surface area contributed by atoms with Gasteiger partial charge in [-0.15, -0.1) is 0 Å². The van der Waals surface area contributed by atoms with Crippen molar-refractivity contribution in [1.29, 1.82) is 0 Å². The van der Waals surface area contributed by atoms with Gasteiger partial charge in [-0.3, -0.25) is 0 Å². The lowest BCUT2D eigenvalue weighted by molar-refractivity contribution is 0.334. The van der Waals surface area contributed by atoms with Crippen LogP contribution >= 0.6 is 0 Å². The molecule has 0 aliphatic rings. The van der Waals surface area contributed by atoms with Crippen molar-refractivity contribution < 1.29 is 4.84 Å². The lowest BCUT2D eigenvalue weighted by Crippen LogP contribution is -2.12. The van der Waals surface area contributed by atoms with Crippen LogP contribution in [0.2, 0.25) is 0 Å². The van der Waals surface area contributed by atoms with E-state index < -0.39 is 0 Å². The van der Waals surface area contributed by atoms with Crippen LogP contribution < -0.4 is 33.7 Å². The van der Waals surface area contributed by atoms with Gasteiger partial charge in [0.25, 0.3) is 0 Å². The van der Waals surface area contributed by atoms with E-state index in [0.717, 1.165) is 0 Å². The number of hydrogen-bond acceptors (Lipinski definition) is 6. The van der Waals surface area contributed by atoms with E-state index >= 15 is 0 Å². The summed E-state index contributed by atoms with van der Waals surface area (Å²) in [6.45, 7) is 1.70. The number of nitrogen functional groups attached to an aromatic ring is 4. The van der Waals surface area contributed by atoms with Gasteiger partial charge in [0, 0.05) is 5.56 Å². The van der Waals surface area contributed by atoms with E-state index in [4.69, 9.17) is 28.8 Å². The lowest BCUT2D eigenvalue weighted by atomic mass is 10.1. The summed E-state index contributed by atoms with van der Waals surface area (Å²) in [5.74, 6) is 5.28. The number of hydrogen-bond donors (Lipinski definition) is 5. The average molecular weight is 183 g/mol. The van der Waals surface area contributed by atoms with Crippen molar-refractivity contribution in [2.75, 3.05) is 22.9 Å². The van der Waals surface area contributed by atoms with Gasteiger partial charge in [0.05, 0.1) is 17.1 Å². The maximum atomic E-state index is 5.63. The van der Waals surface area contributed by atoms with Gasteiger partial charge in [-0.1, -0.05) is 0 Å². The summed E-state index contributed by atoms with van der Waals surface area (Å²) in [7, 11) is 0. The third-order valence-electron chi connectivity index (χ3n) is 1.98. The van der Waals surface area contributed by atoms with Crippen molar-refractivity contribution in [3.05, 3.63) is 5.56 Å². The summed E-state index contributed by atoms with van der Waals surface area (Å²) >= 11 is 0. The molecule has 0 amide bonds. The van der Waals surface area contributed by atoms with Gasteiger partial charge in [0.1, 0.15) is 5.69 Å². The molecule has 0 heterocycles. The molecule has 0 unspecified atom stereocenters. The summed E-state index contributed by atoms with van der Waals surface area (Å²) in [4.78, 5) is 4.55. The van der Waals surface area contributed by atoms with Crippen molar-refractivity contribution in [3.8, 4) is 5.75 Å². The van der Waals surface area contributed by atoms with Crippen molar-refractivity contribution in [1.82, 2.24) is 0 Å². The Bertz CT molecular complexity index is 320. The standard InChI is InChI=1S/C7H13N5O/c1-2-3(8)4(9)5(10)6(11)7(2)13-12/h8-12H2,1H3. The largest absolute Gasteiger partial charge is 0.409 e. The van der Waals surface area contributed by atoms with Crippen LogP contribution in [0.15, 0.2) is 0 Å². The normalized spacial score (nSPS) is 10.0. The quantitative estimate of drug-likeness (QED) is 0.296. The minimum absolute atomic E-state index is 0.198. The second kappa shape index (κ2) is 2.91. The summed E-state index contributed by atoms with van der Waals surface area (Å²) in [5.41, 5.74) is 24.0. The van der Waals surface area contributed by atoms with Crippen LogP contribution in [0.25, 0.3) is 0 Å². The maximum absolute atomic E-state index is 5.63. The van der Waals surface area contributed by atoms with E-state index in [-0.39, 0.29) is 22.8 Å². The Labute approximate surface area is 75.6 Å². The summed E-state index contributed by atoms with van der Waals surface area (Å²) < 4.78 is 0. The van der Waals surface area contributed by atoms with E-state index in [1.54, 1.807) is 6.92 Å². The first-order chi connectivity index (χ1) is 6.00. The molecule has 6 heteroatoms. The molecule has 0 atom stereocenters. The number of nitrogens with two attached hydrogens (primary N) is 5. The molecule has 0 aliphatic carbocycles. The minimum Gasteiger partial charge on any atom is -0.409 e. The fourth-order valence-corrected chi connectivity index (χ4v) is 1.09. The highest BCUT2D eigenvalue weighted by Crippen LogP contribution is 2.40. The Morgan fingerprint density at radius 1 is 0.846 bits per heavy atom. The number of anilines is 4. The predicted octanol–water partition coefficient (Wildman–Crippen LogP) is -0.424. The van der Waals surface area contributed by atoms with Crippen molar-refractivity contribution in [3.63, 3.8) is 0 Å². The Kier molecular flexibility index (Phi) is 2.07. The summed E-state index contributed by atoms with van der Waals surface area (Å²) in [6.07, 6.45) is 0. The van der Waals surface area contributed by atoms with Crippen LogP contribution in [0.4, 0.5) is 22.7 Å². The zero-order valence-corrected chi connectivity index (χ0v) is 7.29. The van der Waals surface area contributed by atoms with Crippen molar-refractivity contribution in [2.24, 2.45) is 5.90 Å². The van der Waals surface area contributed by atoms with Crippen LogP contribution in [-0.2, 0) is 0 Å². The molecule has 0 radical (unpaired) electrons. The van der Waals surface area contributed by atoms with Crippen LogP contribution in [0, 0.1) is 6.92 Å². The highest BCUT2D eigenvalue weighted by molar-refractivity contribution is 5.92. The molecule has 6 nitrogen and oxygen atoms in total. The van der Waals surface area contributed by atoms with Gasteiger partial charge >= 0.3 is 0 Å². The molecule has 1 aromatic rings. The SMILES string of the molecule is Cc1c(N)c(N)c(N)c(N)c1ON. The molecule has 0 aromatic heterocycles. The molecule has 10 N–H and O–H groups in total. The van der Waals surface area contributed by atoms with Crippen molar-refractivity contribution >= 4 is 22.7 Å². The molecule has 0 spiro atoms. The molecule has 1 aromatic carbocycles. The van der Waals surface area contributed by atoms with E-state index in [2.05, 4.69) is 4.84 Å².